The summed E-state index contributed by atoms with van der Waals surface area (Å²) in [7, 11) is -3.91. The number of aromatic nitrogens is 3. The standard InChI is InChI=1S/C38H44FN7O8S/c1-2-26-35(42-29-16-23(39)12-15-27(29)40-26)53-24-17-31-34(48)43-38(37(50)45-55(51,52)25-13-14-25)19-22(38)8-6-4-3-5-7-9-28(36(49)46(31)20-24)41-33(47)30-18-32(54-44-30)21-10-11-21/h6,8,12,15-16,18,21-22,24-25,28,31H,2-5,7,9-11,13-14,17,19-20H2,1H3,(H,41,47)(H,43,48)(H,45,50)/t22-,24-,28+,31+,38-/m1/s1. The summed E-state index contributed by atoms with van der Waals surface area (Å²) in [6.45, 7) is 1.79. The first-order chi connectivity index (χ1) is 26.4. The number of nitrogens with zero attached hydrogens (tertiary/aromatic N) is 4. The summed E-state index contributed by atoms with van der Waals surface area (Å²) in [4.78, 5) is 66.7. The average Bonchev–Trinajstić information content (AvgIpc) is 4.11. The molecule has 15 nitrogen and oxygen atoms in total. The molecule has 17 heteroatoms. The number of allylic oxidation sites excluding steroid dienone is 1. The highest BCUT2D eigenvalue weighted by Gasteiger charge is 2.62. The van der Waals surface area contributed by atoms with Gasteiger partial charge in [-0.3, -0.25) is 23.9 Å². The van der Waals surface area contributed by atoms with Crippen LogP contribution in [0.15, 0.2) is 40.9 Å². The van der Waals surface area contributed by atoms with E-state index in [1.807, 2.05) is 19.1 Å². The van der Waals surface area contributed by atoms with Crippen molar-refractivity contribution >= 4 is 44.7 Å². The molecule has 0 unspecified atom stereocenters. The fourth-order valence-corrected chi connectivity index (χ4v) is 8.93. The van der Waals surface area contributed by atoms with Crippen molar-refractivity contribution in [3.05, 3.63) is 59.4 Å². The van der Waals surface area contributed by atoms with Crippen LogP contribution in [-0.2, 0) is 30.8 Å². The van der Waals surface area contributed by atoms with Gasteiger partial charge >= 0.3 is 0 Å². The number of aryl methyl sites for hydroxylation is 1. The summed E-state index contributed by atoms with van der Waals surface area (Å²) in [5, 5.41) is 8.99. The topological polar surface area (TPSA) is 203 Å². The molecule has 0 spiro atoms. The molecule has 2 aliphatic heterocycles. The van der Waals surface area contributed by atoms with Gasteiger partial charge in [0, 0.05) is 30.4 Å². The minimum absolute atomic E-state index is 0.0170. The number of fused-ring (bicyclic) bond motifs is 3. The molecule has 292 valence electrons. The van der Waals surface area contributed by atoms with E-state index in [2.05, 4.69) is 30.5 Å². The molecule has 5 aliphatic rings. The van der Waals surface area contributed by atoms with E-state index in [4.69, 9.17) is 9.26 Å². The van der Waals surface area contributed by atoms with Crippen LogP contribution in [-0.4, -0.2) is 87.6 Å². The van der Waals surface area contributed by atoms with Crippen molar-refractivity contribution in [2.24, 2.45) is 5.92 Å². The maximum absolute atomic E-state index is 14.6. The number of carbonyl (C=O) groups is 4. The van der Waals surface area contributed by atoms with Crippen LogP contribution in [0.5, 0.6) is 5.88 Å². The second-order valence-electron chi connectivity index (χ2n) is 15.4. The Morgan fingerprint density at radius 3 is 2.65 bits per heavy atom. The van der Waals surface area contributed by atoms with Gasteiger partial charge in [0.25, 0.3) is 11.8 Å². The Labute approximate surface area is 317 Å². The number of hydrogen-bond donors (Lipinski definition) is 3. The summed E-state index contributed by atoms with van der Waals surface area (Å²) in [6, 6.07) is 3.46. The van der Waals surface area contributed by atoms with Crippen LogP contribution in [0.4, 0.5) is 4.39 Å². The zero-order valence-corrected chi connectivity index (χ0v) is 31.3. The predicted molar refractivity (Wildman–Crippen MR) is 194 cm³/mol. The van der Waals surface area contributed by atoms with Gasteiger partial charge in [0.1, 0.15) is 41.0 Å². The molecule has 4 heterocycles. The maximum atomic E-state index is 14.6. The van der Waals surface area contributed by atoms with Crippen LogP contribution in [0, 0.1) is 11.7 Å². The summed E-state index contributed by atoms with van der Waals surface area (Å²) < 4.78 is 53.8. The van der Waals surface area contributed by atoms with Crippen molar-refractivity contribution in [1.82, 2.24) is 35.4 Å². The second kappa shape index (κ2) is 14.6. The third-order valence-electron chi connectivity index (χ3n) is 11.2. The highest BCUT2D eigenvalue weighted by atomic mass is 32.2. The van der Waals surface area contributed by atoms with Gasteiger partial charge < -0.3 is 24.8 Å². The molecule has 5 atom stereocenters. The molecule has 55 heavy (non-hydrogen) atoms. The lowest BCUT2D eigenvalue weighted by molar-refractivity contribution is -0.141. The molecule has 3 aliphatic carbocycles. The number of ether oxygens (including phenoxy) is 1. The molecule has 1 saturated heterocycles. The van der Waals surface area contributed by atoms with E-state index in [-0.39, 0.29) is 48.8 Å². The van der Waals surface area contributed by atoms with Gasteiger partial charge in [0.15, 0.2) is 5.69 Å². The third kappa shape index (κ3) is 7.80. The van der Waals surface area contributed by atoms with Gasteiger partial charge in [-0.15, -0.1) is 0 Å². The molecule has 4 amide bonds. The zero-order valence-electron chi connectivity index (χ0n) is 30.5. The van der Waals surface area contributed by atoms with Crippen molar-refractivity contribution in [2.75, 3.05) is 6.54 Å². The number of sulfonamides is 1. The van der Waals surface area contributed by atoms with Gasteiger partial charge in [-0.1, -0.05) is 37.1 Å². The van der Waals surface area contributed by atoms with E-state index in [1.165, 1.54) is 23.1 Å². The number of hydrogen-bond acceptors (Lipinski definition) is 11. The van der Waals surface area contributed by atoms with Crippen LogP contribution in [0.25, 0.3) is 11.0 Å². The second-order valence-corrected chi connectivity index (χ2v) is 17.3. The van der Waals surface area contributed by atoms with Crippen molar-refractivity contribution in [1.29, 1.82) is 0 Å². The lowest BCUT2D eigenvalue weighted by Crippen LogP contribution is -2.58. The van der Waals surface area contributed by atoms with E-state index in [9.17, 15) is 32.0 Å². The normalized spacial score (nSPS) is 27.3. The van der Waals surface area contributed by atoms with Gasteiger partial charge in [-0.05, 0) is 69.9 Å². The summed E-state index contributed by atoms with van der Waals surface area (Å²) in [6.07, 6.45) is 9.48. The largest absolute Gasteiger partial charge is 0.471 e. The minimum Gasteiger partial charge on any atom is -0.471 e. The quantitative estimate of drug-likeness (QED) is 0.269. The SMILES string of the molecule is CCc1nc2ccc(F)cc2nc1O[C@@H]1C[C@H]2C(=O)N[C@]3(C(=O)NS(=O)(=O)C4CC4)C[C@H]3C=CCCCCC[C@H](NC(=O)c3cc(C4CC4)on3)C(=O)N2C1. The van der Waals surface area contributed by atoms with Crippen LogP contribution >= 0.6 is 0 Å². The molecule has 3 saturated carbocycles. The maximum Gasteiger partial charge on any atom is 0.274 e. The van der Waals surface area contributed by atoms with Crippen LogP contribution in [0.2, 0.25) is 0 Å². The Morgan fingerprint density at radius 2 is 1.89 bits per heavy atom. The molecule has 0 bridgehead atoms. The number of rotatable bonds is 9. The summed E-state index contributed by atoms with van der Waals surface area (Å²) in [5.41, 5.74) is -0.222. The van der Waals surface area contributed by atoms with E-state index in [1.54, 1.807) is 6.07 Å². The number of amides is 4. The first-order valence-corrected chi connectivity index (χ1v) is 20.7. The van der Waals surface area contributed by atoms with Crippen LogP contribution < -0.4 is 20.1 Å². The van der Waals surface area contributed by atoms with Gasteiger partial charge in [-0.2, -0.15) is 0 Å². The zero-order chi connectivity index (χ0) is 38.5. The highest BCUT2D eigenvalue weighted by molar-refractivity contribution is 7.91. The molecular formula is C38H44FN7O8S. The Kier molecular flexibility index (Phi) is 9.84. The fraction of sp³-hybridized carbons (Fsp3) is 0.553. The van der Waals surface area contributed by atoms with Crippen LogP contribution in [0.3, 0.4) is 0 Å². The van der Waals surface area contributed by atoms with E-state index in [0.717, 1.165) is 25.7 Å². The lowest BCUT2D eigenvalue weighted by atomic mass is 10.0. The molecule has 1 aromatic carbocycles. The number of halogens is 1. The molecule has 4 fully saturated rings. The van der Waals surface area contributed by atoms with Crippen molar-refractivity contribution < 1.29 is 41.2 Å². The molecule has 3 aromatic rings. The van der Waals surface area contributed by atoms with E-state index >= 15 is 0 Å². The lowest BCUT2D eigenvalue weighted by Gasteiger charge is -2.29. The Hall–Kier alpha value is -4.93. The Morgan fingerprint density at radius 1 is 1.07 bits per heavy atom. The first kappa shape index (κ1) is 37.0. The average molecular weight is 778 g/mol. The van der Waals surface area contributed by atoms with Crippen LogP contribution in [0.1, 0.15) is 105 Å². The van der Waals surface area contributed by atoms with E-state index in [0.29, 0.717) is 49.1 Å². The third-order valence-corrected chi connectivity index (χ3v) is 13.0. The monoisotopic (exact) mass is 777 g/mol. The first-order valence-electron chi connectivity index (χ1n) is 19.2. The fourth-order valence-electron chi connectivity index (χ4n) is 7.57. The molecule has 8 rings (SSSR count). The number of benzene rings is 1. The van der Waals surface area contributed by atoms with Crippen molar-refractivity contribution in [2.45, 2.75) is 119 Å². The van der Waals surface area contributed by atoms with Gasteiger partial charge in [0.2, 0.25) is 27.7 Å². The summed E-state index contributed by atoms with van der Waals surface area (Å²) >= 11 is 0. The molecule has 3 N–H and O–H groups in total. The molecular weight excluding hydrogens is 734 g/mol. The Balaban J connectivity index is 1.10. The molecule has 2 aromatic heterocycles. The Bertz CT molecular complexity index is 2170. The summed E-state index contributed by atoms with van der Waals surface area (Å²) in [5.74, 6) is -2.55. The minimum atomic E-state index is -3.91. The van der Waals surface area contributed by atoms with Gasteiger partial charge in [-0.25, -0.2) is 22.8 Å². The number of carbonyl (C=O) groups excluding carboxylic acids is 4. The van der Waals surface area contributed by atoms with E-state index < -0.39 is 74.4 Å². The van der Waals surface area contributed by atoms with Gasteiger partial charge in [0.05, 0.1) is 22.8 Å². The highest BCUT2D eigenvalue weighted by Crippen LogP contribution is 2.46. The van der Waals surface area contributed by atoms with Crippen molar-refractivity contribution in [3.8, 4) is 5.88 Å². The van der Waals surface area contributed by atoms with Crippen molar-refractivity contribution in [3.63, 3.8) is 0 Å². The predicted octanol–water partition coefficient (Wildman–Crippen LogP) is 3.35. The smallest absolute Gasteiger partial charge is 0.274 e. The number of nitrogens with one attached hydrogen (secondary N) is 3. The molecule has 0 radical (unpaired) electrons.